The Morgan fingerprint density at radius 1 is 1.37 bits per heavy atom. The van der Waals surface area contributed by atoms with E-state index in [1.807, 2.05) is 31.2 Å². The normalized spacial score (nSPS) is 10.4. The van der Waals surface area contributed by atoms with Crippen molar-refractivity contribution >= 4 is 27.6 Å². The van der Waals surface area contributed by atoms with E-state index in [9.17, 15) is 4.79 Å². The zero-order chi connectivity index (χ0) is 13.8. The molecular formula is C14H14BrNO3. The number of hydrogen-bond acceptors (Lipinski definition) is 3. The Labute approximate surface area is 119 Å². The summed E-state index contributed by atoms with van der Waals surface area (Å²) in [5.74, 6) is 0.347. The SMILES string of the molecule is Cc1oc(CC(=O)O)cc1CNc1ccc(Br)cc1. The van der Waals surface area contributed by atoms with Gasteiger partial charge in [-0.15, -0.1) is 0 Å². The molecule has 4 nitrogen and oxygen atoms in total. The molecule has 0 fully saturated rings. The molecule has 19 heavy (non-hydrogen) atoms. The Morgan fingerprint density at radius 3 is 2.68 bits per heavy atom. The lowest BCUT2D eigenvalue weighted by Crippen LogP contribution is -2.00. The third-order valence-electron chi connectivity index (χ3n) is 2.72. The number of nitrogens with one attached hydrogen (secondary N) is 1. The van der Waals surface area contributed by atoms with Crippen LogP contribution in [-0.2, 0) is 17.8 Å². The fourth-order valence-corrected chi connectivity index (χ4v) is 2.03. The summed E-state index contributed by atoms with van der Waals surface area (Å²) in [7, 11) is 0. The van der Waals surface area contributed by atoms with Crippen molar-refractivity contribution in [3.63, 3.8) is 0 Å². The maximum atomic E-state index is 10.6. The van der Waals surface area contributed by atoms with Crippen molar-refractivity contribution in [1.82, 2.24) is 0 Å². The minimum absolute atomic E-state index is 0.0842. The molecular weight excluding hydrogens is 310 g/mol. The molecule has 0 atom stereocenters. The van der Waals surface area contributed by atoms with Crippen LogP contribution in [0.1, 0.15) is 17.1 Å². The molecule has 2 N–H and O–H groups in total. The topological polar surface area (TPSA) is 62.5 Å². The van der Waals surface area contributed by atoms with Crippen molar-refractivity contribution in [3.8, 4) is 0 Å². The summed E-state index contributed by atoms with van der Waals surface area (Å²) < 4.78 is 6.43. The number of anilines is 1. The number of carboxylic acids is 1. The molecule has 2 rings (SSSR count). The van der Waals surface area contributed by atoms with E-state index in [0.717, 1.165) is 21.5 Å². The highest BCUT2D eigenvalue weighted by molar-refractivity contribution is 9.10. The second-order valence-electron chi connectivity index (χ2n) is 4.23. The zero-order valence-corrected chi connectivity index (χ0v) is 12.0. The Balaban J connectivity index is 2.01. The monoisotopic (exact) mass is 323 g/mol. The van der Waals surface area contributed by atoms with Gasteiger partial charge in [-0.3, -0.25) is 4.79 Å². The summed E-state index contributed by atoms with van der Waals surface area (Å²) in [5, 5.41) is 12.0. The van der Waals surface area contributed by atoms with Crippen LogP contribution in [-0.4, -0.2) is 11.1 Å². The van der Waals surface area contributed by atoms with Crippen LogP contribution in [0.5, 0.6) is 0 Å². The van der Waals surface area contributed by atoms with Gasteiger partial charge >= 0.3 is 5.97 Å². The summed E-state index contributed by atoms with van der Waals surface area (Å²) in [4.78, 5) is 10.6. The largest absolute Gasteiger partial charge is 0.481 e. The van der Waals surface area contributed by atoms with Gasteiger partial charge in [0.1, 0.15) is 17.9 Å². The Kier molecular flexibility index (Phi) is 4.27. The van der Waals surface area contributed by atoms with Crippen molar-refractivity contribution in [2.24, 2.45) is 0 Å². The number of furan rings is 1. The molecule has 0 aliphatic carbocycles. The van der Waals surface area contributed by atoms with Crippen LogP contribution in [0.3, 0.4) is 0 Å². The molecule has 0 bridgehead atoms. The molecule has 0 saturated carbocycles. The van der Waals surface area contributed by atoms with Gasteiger partial charge in [-0.1, -0.05) is 15.9 Å². The maximum Gasteiger partial charge on any atom is 0.311 e. The van der Waals surface area contributed by atoms with E-state index in [1.165, 1.54) is 0 Å². The van der Waals surface area contributed by atoms with Gasteiger partial charge in [0.05, 0.1) is 0 Å². The van der Waals surface area contributed by atoms with Crippen molar-refractivity contribution in [3.05, 3.63) is 51.9 Å². The molecule has 0 spiro atoms. The second kappa shape index (κ2) is 5.93. The van der Waals surface area contributed by atoms with Crippen LogP contribution in [0.4, 0.5) is 5.69 Å². The first-order chi connectivity index (χ1) is 9.04. The van der Waals surface area contributed by atoms with Crippen LogP contribution in [0, 0.1) is 6.92 Å². The van der Waals surface area contributed by atoms with Gasteiger partial charge in [-0.2, -0.15) is 0 Å². The Hall–Kier alpha value is -1.75. The number of aryl methyl sites for hydroxylation is 1. The zero-order valence-electron chi connectivity index (χ0n) is 10.4. The molecule has 2 aromatic rings. The van der Waals surface area contributed by atoms with Gasteiger partial charge < -0.3 is 14.8 Å². The smallest absolute Gasteiger partial charge is 0.311 e. The van der Waals surface area contributed by atoms with E-state index >= 15 is 0 Å². The third-order valence-corrected chi connectivity index (χ3v) is 3.25. The van der Waals surface area contributed by atoms with E-state index in [1.54, 1.807) is 6.07 Å². The Bertz CT molecular complexity index is 575. The highest BCUT2D eigenvalue weighted by atomic mass is 79.9. The van der Waals surface area contributed by atoms with Gasteiger partial charge in [0.2, 0.25) is 0 Å². The highest BCUT2D eigenvalue weighted by Gasteiger charge is 2.10. The number of benzene rings is 1. The molecule has 0 aliphatic rings. The first-order valence-electron chi connectivity index (χ1n) is 5.84. The van der Waals surface area contributed by atoms with Crippen LogP contribution in [0.15, 0.2) is 39.2 Å². The van der Waals surface area contributed by atoms with Crippen molar-refractivity contribution in [2.45, 2.75) is 19.9 Å². The van der Waals surface area contributed by atoms with Gasteiger partial charge in [0, 0.05) is 22.3 Å². The number of carbonyl (C=O) groups is 1. The third kappa shape index (κ3) is 3.86. The van der Waals surface area contributed by atoms with Crippen molar-refractivity contribution < 1.29 is 14.3 Å². The number of rotatable bonds is 5. The average molecular weight is 324 g/mol. The van der Waals surface area contributed by atoms with E-state index in [-0.39, 0.29) is 6.42 Å². The summed E-state index contributed by atoms with van der Waals surface area (Å²) in [6.07, 6.45) is -0.0842. The first-order valence-corrected chi connectivity index (χ1v) is 6.63. The highest BCUT2D eigenvalue weighted by Crippen LogP contribution is 2.18. The quantitative estimate of drug-likeness (QED) is 0.882. The molecule has 0 unspecified atom stereocenters. The van der Waals surface area contributed by atoms with E-state index in [0.29, 0.717) is 12.3 Å². The van der Waals surface area contributed by atoms with Gasteiger partial charge in [-0.25, -0.2) is 0 Å². The summed E-state index contributed by atoms with van der Waals surface area (Å²) in [6.45, 7) is 2.44. The second-order valence-corrected chi connectivity index (χ2v) is 5.14. The van der Waals surface area contributed by atoms with E-state index < -0.39 is 5.97 Å². The molecule has 1 aromatic heterocycles. The molecule has 1 aromatic carbocycles. The predicted octanol–water partition coefficient (Wildman–Crippen LogP) is 3.59. The van der Waals surface area contributed by atoms with Crippen LogP contribution in [0.2, 0.25) is 0 Å². The average Bonchev–Trinajstić information content (AvgIpc) is 2.68. The lowest BCUT2D eigenvalue weighted by molar-refractivity contribution is -0.136. The summed E-state index contributed by atoms with van der Waals surface area (Å²) in [6, 6.07) is 9.64. The molecule has 0 radical (unpaired) electrons. The number of aliphatic carboxylic acids is 1. The fourth-order valence-electron chi connectivity index (χ4n) is 1.76. The van der Waals surface area contributed by atoms with Gasteiger partial charge in [0.15, 0.2) is 0 Å². The minimum Gasteiger partial charge on any atom is -0.481 e. The molecule has 0 aliphatic heterocycles. The fraction of sp³-hybridized carbons (Fsp3) is 0.214. The predicted molar refractivity (Wildman–Crippen MR) is 76.3 cm³/mol. The molecule has 1 heterocycles. The van der Waals surface area contributed by atoms with Crippen LogP contribution in [0.25, 0.3) is 0 Å². The first kappa shape index (κ1) is 13.7. The molecule has 100 valence electrons. The van der Waals surface area contributed by atoms with Gasteiger partial charge in [0.25, 0.3) is 0 Å². The maximum absolute atomic E-state index is 10.6. The van der Waals surface area contributed by atoms with Crippen molar-refractivity contribution in [2.75, 3.05) is 5.32 Å². The van der Waals surface area contributed by atoms with Crippen LogP contribution >= 0.6 is 15.9 Å². The van der Waals surface area contributed by atoms with E-state index in [4.69, 9.17) is 9.52 Å². The van der Waals surface area contributed by atoms with Crippen molar-refractivity contribution in [1.29, 1.82) is 0 Å². The lowest BCUT2D eigenvalue weighted by atomic mass is 10.2. The minimum atomic E-state index is -0.888. The summed E-state index contributed by atoms with van der Waals surface area (Å²) in [5.41, 5.74) is 1.97. The van der Waals surface area contributed by atoms with Crippen LogP contribution < -0.4 is 5.32 Å². The number of hydrogen-bond donors (Lipinski definition) is 2. The molecule has 0 amide bonds. The number of carboxylic acid groups (broad SMARTS) is 1. The molecule has 5 heteroatoms. The summed E-state index contributed by atoms with van der Waals surface area (Å²) >= 11 is 3.38. The number of halogens is 1. The van der Waals surface area contributed by atoms with E-state index in [2.05, 4.69) is 21.2 Å². The van der Waals surface area contributed by atoms with Gasteiger partial charge in [-0.05, 0) is 37.3 Å². The molecule has 0 saturated heterocycles. The Morgan fingerprint density at radius 2 is 2.05 bits per heavy atom. The lowest BCUT2D eigenvalue weighted by Gasteiger charge is -2.05. The standard InChI is InChI=1S/C14H14BrNO3/c1-9-10(6-13(19-9)7-14(17)18)8-16-12-4-2-11(15)3-5-12/h2-6,16H,7-8H2,1H3,(H,17,18).